The molecular weight excluding hydrogens is 131 g/mol. The lowest BCUT2D eigenvalue weighted by Crippen LogP contribution is -1.53. The summed E-state index contributed by atoms with van der Waals surface area (Å²) >= 11 is 0. The van der Waals surface area contributed by atoms with Crippen molar-refractivity contribution in [3.8, 4) is 0 Å². The van der Waals surface area contributed by atoms with Gasteiger partial charge in [0, 0.05) is 0 Å². The van der Waals surface area contributed by atoms with E-state index in [0.29, 0.717) is 0 Å². The van der Waals surface area contributed by atoms with Gasteiger partial charge in [-0.25, -0.2) is 0 Å². The standard InChI is InChI=1S/C6H6.C2H6B.C2H6/c1-2-4-6-5-3-1;1-3-2;1-2/h1-6H;1-2H3;1-2H3. The second-order valence-electron chi connectivity index (χ2n) is 1.73. The van der Waals surface area contributed by atoms with Gasteiger partial charge in [0.25, 0.3) is 0 Å². The maximum atomic E-state index is 2.00. The Morgan fingerprint density at radius 3 is 0.818 bits per heavy atom. The summed E-state index contributed by atoms with van der Waals surface area (Å²) in [5, 5.41) is 0. The van der Waals surface area contributed by atoms with E-state index in [1.807, 2.05) is 71.2 Å². The molecule has 0 saturated carbocycles. The summed E-state index contributed by atoms with van der Waals surface area (Å²) in [6.45, 7) is 8.00. The topological polar surface area (TPSA) is 0 Å². The van der Waals surface area contributed by atoms with Crippen molar-refractivity contribution >= 4 is 7.28 Å². The Balaban J connectivity index is 0. The van der Waals surface area contributed by atoms with Gasteiger partial charge in [-0.05, 0) is 0 Å². The first-order valence-electron chi connectivity index (χ1n) is 4.15. The fourth-order valence-corrected chi connectivity index (χ4v) is 0.385. The highest BCUT2D eigenvalue weighted by Crippen LogP contribution is 1.79. The molecule has 0 aliphatic heterocycles. The Bertz CT molecular complexity index is 87.7. The summed E-state index contributed by atoms with van der Waals surface area (Å²) in [6, 6.07) is 12.0. The normalized spacial score (nSPS) is 6.18. The van der Waals surface area contributed by atoms with Crippen LogP contribution in [0.2, 0.25) is 13.6 Å². The predicted octanol–water partition coefficient (Wildman–Crippen LogP) is 3.50. The second-order valence-corrected chi connectivity index (χ2v) is 1.73. The van der Waals surface area contributed by atoms with Crippen molar-refractivity contribution in [2.24, 2.45) is 0 Å². The summed E-state index contributed by atoms with van der Waals surface area (Å²) in [5.74, 6) is 0. The molecule has 0 heterocycles. The number of hydrogen-bond donors (Lipinski definition) is 0. The van der Waals surface area contributed by atoms with Crippen molar-refractivity contribution in [3.05, 3.63) is 36.4 Å². The molecule has 0 aliphatic carbocycles. The average Bonchev–Trinajstić information content (AvgIpc) is 2.12. The monoisotopic (exact) mass is 149 g/mol. The van der Waals surface area contributed by atoms with Gasteiger partial charge in [-0.2, -0.15) is 0 Å². The zero-order chi connectivity index (χ0) is 8.95. The first kappa shape index (κ1) is 12.9. The number of rotatable bonds is 0. The first-order valence-corrected chi connectivity index (χ1v) is 4.15. The van der Waals surface area contributed by atoms with Crippen molar-refractivity contribution in [2.75, 3.05) is 0 Å². The highest BCUT2D eigenvalue weighted by Gasteiger charge is 1.57. The Morgan fingerprint density at radius 2 is 0.727 bits per heavy atom. The summed E-state index contributed by atoms with van der Waals surface area (Å²) in [7, 11) is 2.00. The molecule has 0 unspecified atom stereocenters. The summed E-state index contributed by atoms with van der Waals surface area (Å²) in [5.41, 5.74) is 0. The van der Waals surface area contributed by atoms with Crippen LogP contribution in [0, 0.1) is 0 Å². The fraction of sp³-hybridized carbons (Fsp3) is 0.400. The van der Waals surface area contributed by atoms with E-state index < -0.39 is 0 Å². The predicted molar refractivity (Wildman–Crippen MR) is 55.3 cm³/mol. The van der Waals surface area contributed by atoms with Crippen LogP contribution in [0.5, 0.6) is 0 Å². The third-order valence-corrected chi connectivity index (χ3v) is 0.667. The molecule has 11 heavy (non-hydrogen) atoms. The highest BCUT2D eigenvalue weighted by molar-refractivity contribution is 6.31. The van der Waals surface area contributed by atoms with Crippen LogP contribution in [0.3, 0.4) is 0 Å². The van der Waals surface area contributed by atoms with E-state index in [2.05, 4.69) is 0 Å². The third kappa shape index (κ3) is 17.6. The third-order valence-electron chi connectivity index (χ3n) is 0.667. The molecule has 0 nitrogen and oxygen atoms in total. The van der Waals surface area contributed by atoms with Crippen molar-refractivity contribution in [3.63, 3.8) is 0 Å². The van der Waals surface area contributed by atoms with Crippen LogP contribution in [0.15, 0.2) is 36.4 Å². The lowest BCUT2D eigenvalue weighted by atomic mass is 9.88. The zero-order valence-electron chi connectivity index (χ0n) is 8.04. The van der Waals surface area contributed by atoms with Gasteiger partial charge in [-0.3, -0.25) is 0 Å². The molecule has 0 N–H and O–H groups in total. The number of benzene rings is 1. The van der Waals surface area contributed by atoms with E-state index in [4.69, 9.17) is 0 Å². The van der Waals surface area contributed by atoms with Gasteiger partial charge in [-0.15, -0.1) is 0 Å². The van der Waals surface area contributed by atoms with Crippen molar-refractivity contribution in [1.29, 1.82) is 0 Å². The molecule has 0 aliphatic rings. The smallest absolute Gasteiger partial charge is 0.0922 e. The highest BCUT2D eigenvalue weighted by atomic mass is 13.6. The molecule has 1 aromatic rings. The molecule has 1 rings (SSSR count). The molecule has 0 amide bonds. The lowest BCUT2D eigenvalue weighted by molar-refractivity contribution is 1.50. The molecule has 0 spiro atoms. The van der Waals surface area contributed by atoms with E-state index >= 15 is 0 Å². The second kappa shape index (κ2) is 16.1. The molecule has 0 fully saturated rings. The maximum Gasteiger partial charge on any atom is 0.102 e. The van der Waals surface area contributed by atoms with Crippen molar-refractivity contribution in [1.82, 2.24) is 0 Å². The minimum absolute atomic E-state index is 2.00. The quantitative estimate of drug-likeness (QED) is 0.495. The summed E-state index contributed by atoms with van der Waals surface area (Å²) in [4.78, 5) is 0. The largest absolute Gasteiger partial charge is 0.102 e. The van der Waals surface area contributed by atoms with E-state index in [1.165, 1.54) is 0 Å². The van der Waals surface area contributed by atoms with Gasteiger partial charge in [0.1, 0.15) is 7.28 Å². The molecular formula is C10H18B. The van der Waals surface area contributed by atoms with Crippen LogP contribution in [-0.4, -0.2) is 7.28 Å². The van der Waals surface area contributed by atoms with Crippen LogP contribution in [-0.2, 0) is 0 Å². The Morgan fingerprint density at radius 1 is 0.636 bits per heavy atom. The van der Waals surface area contributed by atoms with Gasteiger partial charge in [-0.1, -0.05) is 63.9 Å². The fourth-order valence-electron chi connectivity index (χ4n) is 0.385. The van der Waals surface area contributed by atoms with Crippen LogP contribution in [0.1, 0.15) is 13.8 Å². The minimum atomic E-state index is 2.00. The van der Waals surface area contributed by atoms with Gasteiger partial charge in [0.2, 0.25) is 0 Å². The number of hydrogen-bond acceptors (Lipinski definition) is 0. The van der Waals surface area contributed by atoms with Gasteiger partial charge in [0.15, 0.2) is 0 Å². The van der Waals surface area contributed by atoms with Crippen LogP contribution < -0.4 is 0 Å². The summed E-state index contributed by atoms with van der Waals surface area (Å²) < 4.78 is 0. The van der Waals surface area contributed by atoms with E-state index in [1.54, 1.807) is 0 Å². The van der Waals surface area contributed by atoms with E-state index in [0.717, 1.165) is 0 Å². The van der Waals surface area contributed by atoms with Gasteiger partial charge in [0.05, 0.1) is 0 Å². The molecule has 1 radical (unpaired) electrons. The summed E-state index contributed by atoms with van der Waals surface area (Å²) in [6.07, 6.45) is 0. The van der Waals surface area contributed by atoms with Gasteiger partial charge >= 0.3 is 0 Å². The average molecular weight is 149 g/mol. The molecule has 0 bridgehead atoms. The molecule has 61 valence electrons. The lowest BCUT2D eigenvalue weighted by Gasteiger charge is -1.69. The van der Waals surface area contributed by atoms with Crippen molar-refractivity contribution < 1.29 is 0 Å². The Hall–Kier alpha value is -0.715. The molecule has 1 aromatic carbocycles. The minimum Gasteiger partial charge on any atom is -0.0922 e. The van der Waals surface area contributed by atoms with Crippen LogP contribution in [0.25, 0.3) is 0 Å². The SMILES string of the molecule is CC.C[B]C.c1ccccc1. The van der Waals surface area contributed by atoms with Gasteiger partial charge < -0.3 is 0 Å². The molecule has 0 saturated heterocycles. The van der Waals surface area contributed by atoms with E-state index in [9.17, 15) is 0 Å². The van der Waals surface area contributed by atoms with Crippen LogP contribution >= 0.6 is 0 Å². The van der Waals surface area contributed by atoms with Crippen LogP contribution in [0.4, 0.5) is 0 Å². The Labute approximate surface area is 71.9 Å². The molecule has 1 heteroatoms. The van der Waals surface area contributed by atoms with E-state index in [-0.39, 0.29) is 0 Å². The Kier molecular flexibility index (Phi) is 18.9. The zero-order valence-corrected chi connectivity index (χ0v) is 8.04. The molecule has 0 aromatic heterocycles. The first-order chi connectivity index (χ1) is 5.41. The van der Waals surface area contributed by atoms with Crippen molar-refractivity contribution in [2.45, 2.75) is 27.5 Å². The maximum absolute atomic E-state index is 2.00. The molecule has 0 atom stereocenters.